The average molecular weight is 1760 g/mol. The third-order valence-electron chi connectivity index (χ3n) is 18.4. The molecule has 1 aliphatic heterocycles. The molecule has 1 aliphatic rings. The highest BCUT2D eigenvalue weighted by atomic mass is 16.6. The van der Waals surface area contributed by atoms with Crippen LogP contribution < -0.4 is 69.8 Å². The molecule has 48 nitrogen and oxygen atoms in total. The number of rotatable bonds is 51. The van der Waals surface area contributed by atoms with Gasteiger partial charge in [0.2, 0.25) is 59.1 Å². The summed E-state index contributed by atoms with van der Waals surface area (Å²) < 4.78 is 56.8. The van der Waals surface area contributed by atoms with E-state index in [0.717, 1.165) is 0 Å². The van der Waals surface area contributed by atoms with Gasteiger partial charge in [0.25, 0.3) is 11.5 Å². The molecule has 9 atom stereocenters. The average Bonchev–Trinajstić information content (AvgIpc) is 1.56. The maximum atomic E-state index is 14.6. The minimum atomic E-state index is -1.78. The number of fused-ring (bicyclic) bond motifs is 3. The van der Waals surface area contributed by atoms with Crippen molar-refractivity contribution in [1.29, 1.82) is 0 Å². The lowest BCUT2D eigenvalue weighted by Crippen LogP contribution is -2.62. The van der Waals surface area contributed by atoms with Crippen LogP contribution in [0.15, 0.2) is 66.5 Å². The second-order valence-corrected chi connectivity index (χ2v) is 28.2. The van der Waals surface area contributed by atoms with Gasteiger partial charge in [-0.25, -0.2) is 24.7 Å². The molecule has 0 radical (unpaired) electrons. The summed E-state index contributed by atoms with van der Waals surface area (Å²) in [6.45, 7) is 9.12. The smallest absolute Gasteiger partial charge is 0.326 e. The zero-order valence-electron chi connectivity index (χ0n) is 70.0. The van der Waals surface area contributed by atoms with Gasteiger partial charge in [0, 0.05) is 99.6 Å². The van der Waals surface area contributed by atoms with Crippen LogP contribution in [-0.2, 0) is 128 Å². The number of nitrogens with zero attached hydrogens (tertiary/aromatic N) is 8. The van der Waals surface area contributed by atoms with Crippen molar-refractivity contribution < 1.29 is 115 Å². The number of amides is 10. The van der Waals surface area contributed by atoms with E-state index >= 15 is 0 Å². The van der Waals surface area contributed by atoms with Crippen molar-refractivity contribution in [2.24, 2.45) is 0 Å². The van der Waals surface area contributed by atoms with Crippen molar-refractivity contribution in [3.63, 3.8) is 0 Å². The summed E-state index contributed by atoms with van der Waals surface area (Å²) >= 11 is 0. The quantitative estimate of drug-likeness (QED) is 0.0158. The maximum absolute atomic E-state index is 14.6. The second-order valence-electron chi connectivity index (χ2n) is 28.2. The largest absolute Gasteiger partial charge is 0.480 e. The molecule has 10 amide bonds. The third-order valence-corrected chi connectivity index (χ3v) is 18.4. The van der Waals surface area contributed by atoms with Gasteiger partial charge in [-0.15, -0.1) is 5.10 Å². The van der Waals surface area contributed by atoms with E-state index in [2.05, 4.69) is 109 Å². The molecule has 688 valence electrons. The van der Waals surface area contributed by atoms with Gasteiger partial charge in [-0.1, -0.05) is 5.21 Å². The van der Waals surface area contributed by atoms with Crippen LogP contribution in [0, 0.1) is 0 Å². The zero-order valence-corrected chi connectivity index (χ0v) is 70.0. The lowest BCUT2D eigenvalue weighted by atomic mass is 10.1. The lowest BCUT2D eigenvalue weighted by Gasteiger charge is -2.27. The van der Waals surface area contributed by atoms with Crippen LogP contribution in [0.2, 0.25) is 0 Å². The minimum absolute atomic E-state index is 0.0284. The zero-order chi connectivity index (χ0) is 89.9. The molecule has 0 saturated heterocycles. The number of H-pyrrole nitrogens is 3. The van der Waals surface area contributed by atoms with Crippen LogP contribution in [0.4, 0.5) is 11.6 Å². The summed E-state index contributed by atoms with van der Waals surface area (Å²) in [7, 11) is 0. The van der Waals surface area contributed by atoms with Crippen LogP contribution in [0.25, 0.3) is 11.2 Å². The van der Waals surface area contributed by atoms with Gasteiger partial charge < -0.3 is 137 Å². The Hall–Kier alpha value is -11.7. The number of aromatic nitrogens is 11. The molecular weight excluding hydrogens is 1650 g/mol. The van der Waals surface area contributed by atoms with Crippen molar-refractivity contribution >= 4 is 87.8 Å². The highest BCUT2D eigenvalue weighted by Gasteiger charge is 2.36. The highest BCUT2D eigenvalue weighted by Crippen LogP contribution is 2.15. The van der Waals surface area contributed by atoms with Crippen molar-refractivity contribution in [1.82, 2.24) is 108 Å². The predicted octanol–water partition coefficient (Wildman–Crippen LogP) is -5.58. The molecule has 0 fully saturated rings. The Kier molecular flexibility index (Phi) is 45.7. The van der Waals surface area contributed by atoms with Crippen LogP contribution in [0.3, 0.4) is 0 Å². The van der Waals surface area contributed by atoms with Crippen molar-refractivity contribution in [3.8, 4) is 0 Å². The Morgan fingerprint density at radius 1 is 0.608 bits per heavy atom. The fourth-order valence-corrected chi connectivity index (χ4v) is 11.8. The molecule has 5 aromatic heterocycles. The van der Waals surface area contributed by atoms with E-state index in [1.54, 1.807) is 18.3 Å². The van der Waals surface area contributed by atoms with Gasteiger partial charge in [-0.05, 0) is 70.7 Å². The Labute approximate surface area is 718 Å². The van der Waals surface area contributed by atoms with E-state index < -0.39 is 132 Å². The van der Waals surface area contributed by atoms with Gasteiger partial charge in [0.05, 0.1) is 175 Å². The van der Waals surface area contributed by atoms with E-state index in [4.69, 9.17) is 53.1 Å². The Bertz CT molecular complexity index is 4340. The number of aryl methyl sites for hydroxylation is 1. The molecular formula is C77H115N23O25. The summed E-state index contributed by atoms with van der Waals surface area (Å²) in [5.74, 6) is -9.48. The van der Waals surface area contributed by atoms with E-state index in [1.807, 2.05) is 6.92 Å². The number of ether oxygens (including phenoxy) is 10. The van der Waals surface area contributed by atoms with E-state index in [9.17, 15) is 72.9 Å². The first kappa shape index (κ1) is 100. The molecule has 0 aliphatic carbocycles. The topological polar surface area (TPSA) is 659 Å². The normalized spacial score (nSPS) is 18.4. The Morgan fingerprint density at radius 2 is 1.15 bits per heavy atom. The second kappa shape index (κ2) is 56.9. The SMILES string of the molecule is CCOCCOCCOCCNC(=O)[C@@H]1CCCCn2cc(nn2)C[C@H](NC(=O)CCOCCOCCOCCOCCOCCOCCOCCNC(=O)CC[C@H](NC(=O)c2ccc(NCc3cnc4nc(N)[nH]c(=O)c4n3)cc2)C(=O)O)C(=O)N[C@H](Cc2cnc[nH]2)C(=O)N[C@H](CO)C(=O)N[C@H](Cc2cnc[nH]2)C(=O)N[C@H]([C@H](C)O)C(=O)N[C@H](C)C(=O)N1. The Balaban J connectivity index is 0.786. The fraction of sp³-hybridized carbons (Fsp3) is 0.597. The maximum Gasteiger partial charge on any atom is 0.326 e. The third kappa shape index (κ3) is 38.5. The lowest BCUT2D eigenvalue weighted by molar-refractivity contribution is -0.139. The number of imidazole rings is 2. The number of nitrogens with one attached hydrogen (secondary N) is 14. The van der Waals surface area contributed by atoms with E-state index in [-0.39, 0.29) is 172 Å². The number of carbonyl (C=O) groups is 11. The summed E-state index contributed by atoms with van der Waals surface area (Å²) in [5.41, 5.74) is 7.29. The molecule has 0 unspecified atom stereocenters. The molecule has 0 saturated carbocycles. The number of carboxylic acid groups (broad SMARTS) is 1. The van der Waals surface area contributed by atoms with E-state index in [0.29, 0.717) is 95.1 Å². The van der Waals surface area contributed by atoms with E-state index in [1.165, 1.54) is 61.9 Å². The number of hydrogen-bond acceptors (Lipinski definition) is 33. The number of carboxylic acids is 1. The molecule has 2 bridgehead atoms. The van der Waals surface area contributed by atoms with Gasteiger partial charge in [0.1, 0.15) is 48.3 Å². The molecule has 6 aromatic rings. The minimum Gasteiger partial charge on any atom is -0.480 e. The van der Waals surface area contributed by atoms with Gasteiger partial charge in [-0.2, -0.15) is 4.98 Å². The fourth-order valence-electron chi connectivity index (χ4n) is 11.8. The standard InChI is InChI=1S/C77H115N23O25/c1-4-116-21-22-120-27-25-119-20-16-82-69(107)56-7-5-6-17-100-44-54(98-99-100)39-58(70(108)92-59(37-52-40-79-46-85-52)71(109)94-61(45-101)73(111)93-60(38-53-41-80-47-86-53)72(110)95-64(49(3)102)74(112)87-48(2)67(105)90-56)89-63(104)14-18-117-23-26-121-29-31-123-33-35-125-36-34-124-32-30-122-28-24-118-19-15-81-62(103)13-12-57(76(114)115)91-68(106)50-8-10-51(11-9-50)83-42-55-43-84-66-65(88-55)75(113)97-77(78)96-66/h8-11,40-41,43-44,46-49,56-61,64,83,101-102H,4-7,12-39,42,45H2,1-3H3,(H,79,85)(H,80,86)(H,81,103)(H,82,107)(H,87,112)(H,89,104)(H,90,105)(H,91,106)(H,92,108)(H,93,111)(H,94,109)(H,95,110)(H,114,115)(H3,78,84,96,97,113)/t48-,49+,56+,57+,58+,59-,60-,61-,64-/m1/s1. The van der Waals surface area contributed by atoms with Crippen molar-refractivity contribution in [2.75, 3.05) is 163 Å². The first-order valence-electron chi connectivity index (χ1n) is 40.9. The number of aliphatic carboxylic acids is 1. The number of hydrogen-bond donors (Lipinski definition) is 18. The van der Waals surface area contributed by atoms with Crippen LogP contribution in [-0.4, -0.2) is 341 Å². The van der Waals surface area contributed by atoms with Gasteiger partial charge in [0.15, 0.2) is 11.2 Å². The molecule has 1 aromatic carbocycles. The number of benzene rings is 1. The number of carbonyl (C=O) groups excluding carboxylic acids is 10. The molecule has 0 spiro atoms. The first-order chi connectivity index (χ1) is 60.5. The van der Waals surface area contributed by atoms with Gasteiger partial charge >= 0.3 is 5.97 Å². The van der Waals surface area contributed by atoms with Crippen LogP contribution >= 0.6 is 0 Å². The summed E-state index contributed by atoms with van der Waals surface area (Å²) in [4.78, 5) is 190. The Morgan fingerprint density at radius 3 is 1.71 bits per heavy atom. The number of aromatic amines is 3. The van der Waals surface area contributed by atoms with Crippen molar-refractivity contribution in [2.45, 2.75) is 146 Å². The van der Waals surface area contributed by atoms with Crippen molar-refractivity contribution in [3.05, 3.63) is 100 Å². The number of anilines is 2. The predicted molar refractivity (Wildman–Crippen MR) is 439 cm³/mol. The number of aliphatic hydroxyl groups is 2. The van der Waals surface area contributed by atoms with Crippen LogP contribution in [0.1, 0.15) is 92.4 Å². The molecule has 48 heteroatoms. The summed E-state index contributed by atoms with van der Waals surface area (Å²) in [6, 6.07) is -5.65. The molecule has 7 rings (SSSR count). The number of nitrogens with two attached hydrogens (primary N) is 1. The summed E-state index contributed by atoms with van der Waals surface area (Å²) in [5, 5.41) is 68.5. The highest BCUT2D eigenvalue weighted by molar-refractivity contribution is 5.99. The van der Waals surface area contributed by atoms with Gasteiger partial charge in [-0.3, -0.25) is 62.4 Å². The molecule has 19 N–H and O–H groups in total. The molecule has 6 heterocycles. The number of aliphatic hydroxyl groups excluding tert-OH is 2. The molecule has 125 heavy (non-hydrogen) atoms. The monoisotopic (exact) mass is 1760 g/mol. The van der Waals surface area contributed by atoms with Crippen LogP contribution in [0.5, 0.6) is 0 Å². The number of nitrogen functional groups attached to an aromatic ring is 1. The summed E-state index contributed by atoms with van der Waals surface area (Å²) in [6.07, 6.45) is 6.16. The first-order valence-corrected chi connectivity index (χ1v) is 40.9.